The molecule has 0 spiro atoms. The molecule has 0 aliphatic carbocycles. The molecule has 2 unspecified atom stereocenters. The minimum Gasteiger partial charge on any atom is -0.344 e. The van der Waals surface area contributed by atoms with Crippen LogP contribution in [0.4, 0.5) is 0 Å². The molecule has 4 heteroatoms. The summed E-state index contributed by atoms with van der Waals surface area (Å²) in [6.07, 6.45) is 2.23. The molecule has 3 nitrogen and oxygen atoms in total. The SMILES string of the molecule is CC(N)CCCC(=O)NC(c1ccccc1)c1cccs1. The Kier molecular flexibility index (Phi) is 5.96. The monoisotopic (exact) mass is 302 g/mol. The zero-order chi connectivity index (χ0) is 15.1. The van der Waals surface area contributed by atoms with E-state index in [0.29, 0.717) is 6.42 Å². The van der Waals surface area contributed by atoms with Crippen LogP contribution in [0.25, 0.3) is 0 Å². The third-order valence-corrected chi connectivity index (χ3v) is 4.27. The second-order valence-corrected chi connectivity index (χ2v) is 6.28. The Bertz CT molecular complexity index is 537. The van der Waals surface area contributed by atoms with Crippen molar-refractivity contribution < 1.29 is 4.79 Å². The number of rotatable bonds is 7. The van der Waals surface area contributed by atoms with Crippen LogP contribution in [0, 0.1) is 0 Å². The first kappa shape index (κ1) is 15.7. The molecule has 0 aliphatic rings. The molecule has 0 saturated heterocycles. The van der Waals surface area contributed by atoms with Gasteiger partial charge in [0.1, 0.15) is 0 Å². The number of hydrogen-bond donors (Lipinski definition) is 2. The number of carbonyl (C=O) groups excluding carboxylic acids is 1. The summed E-state index contributed by atoms with van der Waals surface area (Å²) in [7, 11) is 0. The molecule has 2 aromatic rings. The standard InChI is InChI=1S/C17H22N2OS/c1-13(18)7-5-11-16(20)19-17(15-10-6-12-21-15)14-8-3-2-4-9-14/h2-4,6,8-10,12-13,17H,5,7,11,18H2,1H3,(H,19,20). The second-order valence-electron chi connectivity index (χ2n) is 5.30. The van der Waals surface area contributed by atoms with E-state index >= 15 is 0 Å². The maximum Gasteiger partial charge on any atom is 0.220 e. The van der Waals surface area contributed by atoms with Gasteiger partial charge in [-0.3, -0.25) is 4.79 Å². The molecule has 1 aromatic heterocycles. The predicted molar refractivity (Wildman–Crippen MR) is 88.2 cm³/mol. The number of benzene rings is 1. The van der Waals surface area contributed by atoms with Crippen LogP contribution in [0.2, 0.25) is 0 Å². The van der Waals surface area contributed by atoms with Gasteiger partial charge >= 0.3 is 0 Å². The number of thiophene rings is 1. The van der Waals surface area contributed by atoms with E-state index in [1.807, 2.05) is 48.7 Å². The fourth-order valence-corrected chi connectivity index (χ4v) is 3.04. The largest absolute Gasteiger partial charge is 0.344 e. The third-order valence-electron chi connectivity index (χ3n) is 3.33. The van der Waals surface area contributed by atoms with E-state index < -0.39 is 0 Å². The van der Waals surface area contributed by atoms with Crippen LogP contribution < -0.4 is 11.1 Å². The van der Waals surface area contributed by atoms with E-state index in [1.165, 1.54) is 0 Å². The summed E-state index contributed by atoms with van der Waals surface area (Å²) >= 11 is 1.66. The fourth-order valence-electron chi connectivity index (χ4n) is 2.24. The van der Waals surface area contributed by atoms with Gasteiger partial charge in [-0.15, -0.1) is 11.3 Å². The van der Waals surface area contributed by atoms with Gasteiger partial charge in [0.2, 0.25) is 5.91 Å². The molecule has 0 fully saturated rings. The summed E-state index contributed by atoms with van der Waals surface area (Å²) in [6.45, 7) is 1.97. The lowest BCUT2D eigenvalue weighted by molar-refractivity contribution is -0.121. The number of carbonyl (C=O) groups is 1. The predicted octanol–water partition coefficient (Wildman–Crippen LogP) is 3.47. The molecule has 0 saturated carbocycles. The smallest absolute Gasteiger partial charge is 0.220 e. The van der Waals surface area contributed by atoms with E-state index in [-0.39, 0.29) is 18.0 Å². The van der Waals surface area contributed by atoms with Gasteiger partial charge in [0.25, 0.3) is 0 Å². The molecule has 2 atom stereocenters. The third kappa shape index (κ3) is 4.99. The van der Waals surface area contributed by atoms with Crippen molar-refractivity contribution in [3.63, 3.8) is 0 Å². The highest BCUT2D eigenvalue weighted by atomic mass is 32.1. The van der Waals surface area contributed by atoms with Gasteiger partial charge in [-0.05, 0) is 36.8 Å². The normalized spacial score (nSPS) is 13.6. The van der Waals surface area contributed by atoms with Gasteiger partial charge in [-0.25, -0.2) is 0 Å². The van der Waals surface area contributed by atoms with E-state index in [0.717, 1.165) is 23.3 Å². The van der Waals surface area contributed by atoms with E-state index in [4.69, 9.17) is 5.73 Å². The molecule has 112 valence electrons. The summed E-state index contributed by atoms with van der Waals surface area (Å²) in [5.74, 6) is 0.0814. The van der Waals surface area contributed by atoms with Crippen molar-refractivity contribution in [3.8, 4) is 0 Å². The van der Waals surface area contributed by atoms with Crippen LogP contribution in [-0.4, -0.2) is 11.9 Å². The Morgan fingerprint density at radius 1 is 1.24 bits per heavy atom. The van der Waals surface area contributed by atoms with Crippen LogP contribution in [0.1, 0.15) is 42.7 Å². The molecule has 0 bridgehead atoms. The zero-order valence-corrected chi connectivity index (χ0v) is 13.1. The lowest BCUT2D eigenvalue weighted by atomic mass is 10.0. The average Bonchev–Trinajstić information content (AvgIpc) is 2.99. The van der Waals surface area contributed by atoms with Crippen molar-refractivity contribution in [2.75, 3.05) is 0 Å². The summed E-state index contributed by atoms with van der Waals surface area (Å²) in [5.41, 5.74) is 6.83. The molecule has 1 amide bonds. The fraction of sp³-hybridized carbons (Fsp3) is 0.353. The van der Waals surface area contributed by atoms with Gasteiger partial charge in [0.05, 0.1) is 6.04 Å². The van der Waals surface area contributed by atoms with E-state index in [1.54, 1.807) is 11.3 Å². The van der Waals surface area contributed by atoms with Crippen LogP contribution >= 0.6 is 11.3 Å². The highest BCUT2D eigenvalue weighted by Gasteiger charge is 2.17. The van der Waals surface area contributed by atoms with Gasteiger partial charge in [0.15, 0.2) is 0 Å². The second kappa shape index (κ2) is 7.96. The first-order valence-electron chi connectivity index (χ1n) is 7.30. The van der Waals surface area contributed by atoms with E-state index in [9.17, 15) is 4.79 Å². The molecule has 21 heavy (non-hydrogen) atoms. The van der Waals surface area contributed by atoms with Crippen molar-refractivity contribution in [2.45, 2.75) is 38.3 Å². The topological polar surface area (TPSA) is 55.1 Å². The van der Waals surface area contributed by atoms with Crippen LogP contribution in [0.5, 0.6) is 0 Å². The van der Waals surface area contributed by atoms with E-state index in [2.05, 4.69) is 11.4 Å². The Morgan fingerprint density at radius 2 is 2.00 bits per heavy atom. The van der Waals surface area contributed by atoms with Crippen molar-refractivity contribution in [2.24, 2.45) is 5.73 Å². The Morgan fingerprint density at radius 3 is 2.62 bits per heavy atom. The Labute approximate surface area is 130 Å². The summed E-state index contributed by atoms with van der Waals surface area (Å²) in [5, 5.41) is 5.18. The number of nitrogens with one attached hydrogen (secondary N) is 1. The molecule has 2 rings (SSSR count). The number of amides is 1. The van der Waals surface area contributed by atoms with Crippen LogP contribution in [0.15, 0.2) is 47.8 Å². The van der Waals surface area contributed by atoms with Crippen LogP contribution in [0.3, 0.4) is 0 Å². The van der Waals surface area contributed by atoms with Gasteiger partial charge in [-0.1, -0.05) is 36.4 Å². The van der Waals surface area contributed by atoms with Gasteiger partial charge in [-0.2, -0.15) is 0 Å². The quantitative estimate of drug-likeness (QED) is 0.823. The molecule has 3 N–H and O–H groups in total. The lowest BCUT2D eigenvalue weighted by Crippen LogP contribution is -2.29. The Hall–Kier alpha value is -1.65. The summed E-state index contributed by atoms with van der Waals surface area (Å²) in [4.78, 5) is 13.3. The molecular weight excluding hydrogens is 280 g/mol. The molecule has 0 aliphatic heterocycles. The van der Waals surface area contributed by atoms with Crippen LogP contribution in [-0.2, 0) is 4.79 Å². The molecule has 1 heterocycles. The van der Waals surface area contributed by atoms with Crippen molar-refractivity contribution in [1.82, 2.24) is 5.32 Å². The highest BCUT2D eigenvalue weighted by molar-refractivity contribution is 7.10. The molecule has 1 aromatic carbocycles. The van der Waals surface area contributed by atoms with Crippen molar-refractivity contribution >= 4 is 17.2 Å². The molecule has 0 radical (unpaired) electrons. The average molecular weight is 302 g/mol. The van der Waals surface area contributed by atoms with Gasteiger partial charge in [0, 0.05) is 17.3 Å². The zero-order valence-electron chi connectivity index (χ0n) is 12.3. The maximum atomic E-state index is 12.2. The summed E-state index contributed by atoms with van der Waals surface area (Å²) < 4.78 is 0. The number of nitrogens with two attached hydrogens (primary N) is 1. The lowest BCUT2D eigenvalue weighted by Gasteiger charge is -2.18. The summed E-state index contributed by atoms with van der Waals surface area (Å²) in [6, 6.07) is 14.2. The minimum absolute atomic E-state index is 0.0611. The first-order valence-corrected chi connectivity index (χ1v) is 8.18. The van der Waals surface area contributed by atoms with Crippen molar-refractivity contribution in [3.05, 3.63) is 58.3 Å². The number of hydrogen-bond acceptors (Lipinski definition) is 3. The minimum atomic E-state index is -0.0611. The van der Waals surface area contributed by atoms with Gasteiger partial charge < -0.3 is 11.1 Å². The first-order chi connectivity index (χ1) is 10.2. The molecular formula is C17H22N2OS. The van der Waals surface area contributed by atoms with Crippen molar-refractivity contribution in [1.29, 1.82) is 0 Å². The Balaban J connectivity index is 2.02. The maximum absolute atomic E-state index is 12.2. The highest BCUT2D eigenvalue weighted by Crippen LogP contribution is 2.26.